The minimum Gasteiger partial charge on any atom is -0.367 e. The zero-order chi connectivity index (χ0) is 21.1. The molecule has 3 aromatic rings. The summed E-state index contributed by atoms with van der Waals surface area (Å²) in [4.78, 5) is 45.5. The van der Waals surface area contributed by atoms with Crippen molar-refractivity contribution in [2.75, 3.05) is 24.5 Å². The Morgan fingerprint density at radius 3 is 2.73 bits per heavy atom. The second-order valence-corrected chi connectivity index (χ2v) is 7.35. The molecule has 0 saturated carbocycles. The summed E-state index contributed by atoms with van der Waals surface area (Å²) in [6, 6.07) is 14.1. The van der Waals surface area contributed by atoms with Gasteiger partial charge in [-0.3, -0.25) is 19.4 Å². The molecule has 2 aromatic carbocycles. The number of aldehydes is 1. The first-order chi connectivity index (χ1) is 14.6. The number of Topliss-reactive ketones (excluding diaryl/α,β-unsaturated/α-hetero) is 1. The minimum atomic E-state index is -0.649. The molecule has 0 spiro atoms. The van der Waals surface area contributed by atoms with Crippen LogP contribution in [0.25, 0.3) is 10.8 Å². The van der Waals surface area contributed by atoms with Crippen molar-refractivity contribution in [1.82, 2.24) is 9.88 Å². The van der Waals surface area contributed by atoms with E-state index in [4.69, 9.17) is 0 Å². The number of carbonyl (C=O) groups excluding carboxylic acids is 3. The van der Waals surface area contributed by atoms with Gasteiger partial charge in [-0.2, -0.15) is 0 Å². The summed E-state index contributed by atoms with van der Waals surface area (Å²) in [7, 11) is 0. The summed E-state index contributed by atoms with van der Waals surface area (Å²) >= 11 is 0. The van der Waals surface area contributed by atoms with Crippen LogP contribution in [0.5, 0.6) is 0 Å². The number of pyridine rings is 1. The van der Waals surface area contributed by atoms with Gasteiger partial charge in [0.25, 0.3) is 0 Å². The molecule has 1 unspecified atom stereocenters. The molecule has 0 radical (unpaired) electrons. The number of hydrogen-bond acceptors (Lipinski definition) is 5. The maximum Gasteiger partial charge on any atom is 0.223 e. The van der Waals surface area contributed by atoms with Gasteiger partial charge in [0, 0.05) is 66.0 Å². The SMILES string of the molecule is CCC(=O)N1CCN(c2cccc3cnccc23)CC1C(=O)c1ccccc1C=O. The van der Waals surface area contributed by atoms with E-state index in [1.54, 1.807) is 42.3 Å². The first-order valence-electron chi connectivity index (χ1n) is 10.1. The number of hydrogen-bond donors (Lipinski definition) is 0. The monoisotopic (exact) mass is 401 g/mol. The number of carbonyl (C=O) groups is 3. The summed E-state index contributed by atoms with van der Waals surface area (Å²) in [6.45, 7) is 3.26. The number of nitrogens with zero attached hydrogens (tertiary/aromatic N) is 3. The first-order valence-corrected chi connectivity index (χ1v) is 10.1. The molecule has 152 valence electrons. The van der Waals surface area contributed by atoms with Crippen LogP contribution >= 0.6 is 0 Å². The fourth-order valence-electron chi connectivity index (χ4n) is 4.11. The Hall–Kier alpha value is -3.54. The maximum absolute atomic E-state index is 13.5. The average Bonchev–Trinajstić information content (AvgIpc) is 2.82. The van der Waals surface area contributed by atoms with Gasteiger partial charge in [0.2, 0.25) is 5.91 Å². The lowest BCUT2D eigenvalue weighted by atomic mass is 9.96. The van der Waals surface area contributed by atoms with E-state index in [-0.39, 0.29) is 11.7 Å². The van der Waals surface area contributed by atoms with E-state index in [1.807, 2.05) is 30.5 Å². The topological polar surface area (TPSA) is 70.6 Å². The minimum absolute atomic E-state index is 0.0568. The van der Waals surface area contributed by atoms with E-state index < -0.39 is 6.04 Å². The zero-order valence-corrected chi connectivity index (χ0v) is 16.8. The molecule has 0 aliphatic carbocycles. The van der Waals surface area contributed by atoms with Crippen LogP contribution in [-0.2, 0) is 4.79 Å². The van der Waals surface area contributed by atoms with Crippen LogP contribution in [0.3, 0.4) is 0 Å². The van der Waals surface area contributed by atoms with Gasteiger partial charge in [-0.15, -0.1) is 0 Å². The summed E-state index contributed by atoms with van der Waals surface area (Å²) in [6.07, 6.45) is 4.60. The van der Waals surface area contributed by atoms with Crippen molar-refractivity contribution in [2.45, 2.75) is 19.4 Å². The Bertz CT molecular complexity index is 1110. The number of amides is 1. The quantitative estimate of drug-likeness (QED) is 0.484. The van der Waals surface area contributed by atoms with Gasteiger partial charge in [0.05, 0.1) is 0 Å². The van der Waals surface area contributed by atoms with E-state index in [2.05, 4.69) is 9.88 Å². The second kappa shape index (κ2) is 8.45. The van der Waals surface area contributed by atoms with Gasteiger partial charge in [-0.25, -0.2) is 0 Å². The molecule has 1 atom stereocenters. The largest absolute Gasteiger partial charge is 0.367 e. The normalized spacial score (nSPS) is 16.5. The highest BCUT2D eigenvalue weighted by Crippen LogP contribution is 2.29. The standard InChI is InChI=1S/C24H23N3O3/c1-2-23(29)27-13-12-26(21-9-5-7-17-14-25-11-10-19(17)21)15-22(27)24(30)20-8-4-3-6-18(20)16-28/h3-11,14,16,22H,2,12-13,15H2,1H3. The van der Waals surface area contributed by atoms with Crippen LogP contribution in [0, 0.1) is 0 Å². The molecule has 4 rings (SSSR count). The Labute approximate surface area is 175 Å². The summed E-state index contributed by atoms with van der Waals surface area (Å²) in [5.41, 5.74) is 1.72. The van der Waals surface area contributed by atoms with Gasteiger partial charge >= 0.3 is 0 Å². The van der Waals surface area contributed by atoms with Crippen molar-refractivity contribution in [3.8, 4) is 0 Å². The van der Waals surface area contributed by atoms with Crippen LogP contribution in [-0.4, -0.2) is 53.5 Å². The number of benzene rings is 2. The van der Waals surface area contributed by atoms with E-state index in [0.717, 1.165) is 16.5 Å². The zero-order valence-electron chi connectivity index (χ0n) is 16.8. The molecule has 2 heterocycles. The lowest BCUT2D eigenvalue weighted by Gasteiger charge is -2.42. The van der Waals surface area contributed by atoms with Gasteiger partial charge in [-0.1, -0.05) is 43.3 Å². The van der Waals surface area contributed by atoms with E-state index in [9.17, 15) is 14.4 Å². The third-order valence-corrected chi connectivity index (χ3v) is 5.66. The molecule has 30 heavy (non-hydrogen) atoms. The smallest absolute Gasteiger partial charge is 0.223 e. The predicted molar refractivity (Wildman–Crippen MR) is 116 cm³/mol. The molecule has 0 bridgehead atoms. The highest BCUT2D eigenvalue weighted by molar-refractivity contribution is 6.07. The number of fused-ring (bicyclic) bond motifs is 1. The molecule has 1 aliphatic heterocycles. The van der Waals surface area contributed by atoms with Crippen LogP contribution in [0.4, 0.5) is 5.69 Å². The Morgan fingerprint density at radius 1 is 1.10 bits per heavy atom. The van der Waals surface area contributed by atoms with Crippen molar-refractivity contribution in [2.24, 2.45) is 0 Å². The van der Waals surface area contributed by atoms with E-state index in [0.29, 0.717) is 43.5 Å². The Kier molecular flexibility index (Phi) is 5.57. The molecular weight excluding hydrogens is 378 g/mol. The average molecular weight is 401 g/mol. The highest BCUT2D eigenvalue weighted by atomic mass is 16.2. The van der Waals surface area contributed by atoms with E-state index >= 15 is 0 Å². The Morgan fingerprint density at radius 2 is 1.93 bits per heavy atom. The molecule has 1 aliphatic rings. The predicted octanol–water partition coefficient (Wildman–Crippen LogP) is 3.36. The third kappa shape index (κ3) is 3.56. The molecular formula is C24H23N3O3. The van der Waals surface area contributed by atoms with Crippen molar-refractivity contribution < 1.29 is 14.4 Å². The highest BCUT2D eigenvalue weighted by Gasteiger charge is 2.36. The summed E-state index contributed by atoms with van der Waals surface area (Å²) in [5, 5.41) is 2.08. The van der Waals surface area contributed by atoms with Gasteiger partial charge in [-0.05, 0) is 12.1 Å². The number of ketones is 1. The van der Waals surface area contributed by atoms with Gasteiger partial charge < -0.3 is 9.80 Å². The summed E-state index contributed by atoms with van der Waals surface area (Å²) in [5.74, 6) is -0.259. The molecule has 1 fully saturated rings. The third-order valence-electron chi connectivity index (χ3n) is 5.66. The van der Waals surface area contributed by atoms with Crippen LogP contribution in [0.2, 0.25) is 0 Å². The van der Waals surface area contributed by atoms with Crippen LogP contribution in [0.1, 0.15) is 34.1 Å². The van der Waals surface area contributed by atoms with E-state index in [1.165, 1.54) is 0 Å². The van der Waals surface area contributed by atoms with Crippen LogP contribution in [0.15, 0.2) is 60.9 Å². The Balaban J connectivity index is 1.72. The van der Waals surface area contributed by atoms with Gasteiger partial charge in [0.1, 0.15) is 6.04 Å². The first kappa shape index (κ1) is 19.8. The fraction of sp³-hybridized carbons (Fsp3) is 0.250. The molecule has 6 nitrogen and oxygen atoms in total. The van der Waals surface area contributed by atoms with Crippen LogP contribution < -0.4 is 4.90 Å². The summed E-state index contributed by atoms with van der Waals surface area (Å²) < 4.78 is 0. The molecule has 1 saturated heterocycles. The number of piperazine rings is 1. The molecule has 1 amide bonds. The number of rotatable bonds is 5. The van der Waals surface area contributed by atoms with Crippen molar-refractivity contribution in [3.63, 3.8) is 0 Å². The second-order valence-electron chi connectivity index (χ2n) is 7.35. The number of anilines is 1. The lowest BCUT2D eigenvalue weighted by Crippen LogP contribution is -2.58. The van der Waals surface area contributed by atoms with Crippen molar-refractivity contribution >= 4 is 34.4 Å². The van der Waals surface area contributed by atoms with Gasteiger partial charge in [0.15, 0.2) is 12.1 Å². The molecule has 0 N–H and O–H groups in total. The molecule has 6 heteroatoms. The molecule has 1 aromatic heterocycles. The lowest BCUT2D eigenvalue weighted by molar-refractivity contribution is -0.132. The fourth-order valence-corrected chi connectivity index (χ4v) is 4.11. The van der Waals surface area contributed by atoms with Crippen molar-refractivity contribution in [1.29, 1.82) is 0 Å². The number of aromatic nitrogens is 1. The maximum atomic E-state index is 13.5. The van der Waals surface area contributed by atoms with Crippen molar-refractivity contribution in [3.05, 3.63) is 72.1 Å².